The molecule has 8 nitrogen and oxygen atoms in total. The van der Waals surface area contributed by atoms with Gasteiger partial charge in [-0.25, -0.2) is 0 Å². The number of fused-ring (bicyclic) bond motifs is 1. The highest BCUT2D eigenvalue weighted by Crippen LogP contribution is 2.35. The van der Waals surface area contributed by atoms with E-state index in [2.05, 4.69) is 15.2 Å². The lowest BCUT2D eigenvalue weighted by Gasteiger charge is -2.34. The lowest BCUT2D eigenvalue weighted by atomic mass is 9.95. The van der Waals surface area contributed by atoms with E-state index < -0.39 is 0 Å². The van der Waals surface area contributed by atoms with E-state index in [9.17, 15) is 14.4 Å². The molecule has 1 fully saturated rings. The van der Waals surface area contributed by atoms with Crippen molar-refractivity contribution in [2.75, 3.05) is 25.1 Å². The van der Waals surface area contributed by atoms with Gasteiger partial charge in [-0.3, -0.25) is 24.3 Å². The number of aromatic nitrogens is 1. The number of hydrogen-bond donors (Lipinski definition) is 1. The Morgan fingerprint density at radius 1 is 1.17 bits per heavy atom. The Morgan fingerprint density at radius 2 is 2.03 bits per heavy atom. The number of imide groups is 1. The quantitative estimate of drug-likeness (QED) is 0.510. The molecule has 3 amide bonds. The molecule has 35 heavy (non-hydrogen) atoms. The number of nitrogens with one attached hydrogen (secondary N) is 1. The minimum absolute atomic E-state index is 0.0255. The minimum Gasteiger partial charge on any atom is -0.496 e. The monoisotopic (exact) mass is 490 g/mol. The van der Waals surface area contributed by atoms with Crippen molar-refractivity contribution in [1.29, 1.82) is 0 Å². The lowest BCUT2D eigenvalue weighted by Crippen LogP contribution is -2.43. The van der Waals surface area contributed by atoms with Gasteiger partial charge in [0, 0.05) is 36.3 Å². The van der Waals surface area contributed by atoms with Crippen LogP contribution in [-0.4, -0.2) is 47.8 Å². The van der Waals surface area contributed by atoms with Gasteiger partial charge in [0.15, 0.2) is 0 Å². The number of nitrogens with zero attached hydrogens (tertiary/aromatic N) is 3. The Kier molecular flexibility index (Phi) is 6.50. The van der Waals surface area contributed by atoms with E-state index in [1.807, 2.05) is 30.3 Å². The molecule has 0 radical (unpaired) electrons. The molecular formula is C26H26N4O4S. The summed E-state index contributed by atoms with van der Waals surface area (Å²) in [5.74, 6) is -0.0821. The zero-order chi connectivity index (χ0) is 24.4. The number of amides is 3. The van der Waals surface area contributed by atoms with Crippen molar-refractivity contribution in [3.63, 3.8) is 0 Å². The van der Waals surface area contributed by atoms with Gasteiger partial charge in [0.2, 0.25) is 5.91 Å². The van der Waals surface area contributed by atoms with Gasteiger partial charge in [-0.1, -0.05) is 24.3 Å². The van der Waals surface area contributed by atoms with Crippen LogP contribution in [0.5, 0.6) is 5.75 Å². The number of ether oxygens (including phenoxy) is 1. The third-order valence-corrected chi connectivity index (χ3v) is 7.32. The number of para-hydroxylation sites is 1. The molecule has 0 bridgehead atoms. The standard InChI is InChI=1S/C26H26N4O4S/c1-34-22-10-3-2-6-17(22)12-28-24(31)18-7-5-11-29(14-18)21-9-4-8-20-23(21)26(33)30(25(20)32)15-19-13-27-16-35-19/h2-4,6,8-10,13,16,18H,5,7,11-12,14-15H2,1H3,(H,28,31)/t18-/m1/s1. The first-order valence-corrected chi connectivity index (χ1v) is 12.5. The summed E-state index contributed by atoms with van der Waals surface area (Å²) in [6, 6.07) is 13.0. The molecule has 0 saturated carbocycles. The fraction of sp³-hybridized carbons (Fsp3) is 0.308. The summed E-state index contributed by atoms with van der Waals surface area (Å²) >= 11 is 1.41. The highest BCUT2D eigenvalue weighted by atomic mass is 32.1. The van der Waals surface area contributed by atoms with Crippen LogP contribution in [0.25, 0.3) is 0 Å². The van der Waals surface area contributed by atoms with E-state index in [1.165, 1.54) is 16.2 Å². The summed E-state index contributed by atoms with van der Waals surface area (Å²) in [5, 5.41) is 3.04. The number of thiazole rings is 1. The van der Waals surface area contributed by atoms with Crippen LogP contribution in [0.2, 0.25) is 0 Å². The predicted octanol–water partition coefficient (Wildman–Crippen LogP) is 3.48. The summed E-state index contributed by atoms with van der Waals surface area (Å²) < 4.78 is 5.38. The number of carbonyl (C=O) groups is 3. The minimum atomic E-state index is -0.295. The molecule has 1 aromatic heterocycles. The van der Waals surface area contributed by atoms with Crippen molar-refractivity contribution in [3.05, 3.63) is 75.7 Å². The first kappa shape index (κ1) is 23.0. The summed E-state index contributed by atoms with van der Waals surface area (Å²) in [4.78, 5) is 47.6. The van der Waals surface area contributed by atoms with Crippen molar-refractivity contribution in [2.45, 2.75) is 25.9 Å². The van der Waals surface area contributed by atoms with Crippen molar-refractivity contribution in [1.82, 2.24) is 15.2 Å². The molecule has 9 heteroatoms. The Bertz CT molecular complexity index is 1260. The molecule has 1 atom stereocenters. The SMILES string of the molecule is COc1ccccc1CNC(=O)[C@@H]1CCCN(c2cccc3c2C(=O)N(Cc2cncs2)C3=O)C1. The van der Waals surface area contributed by atoms with Gasteiger partial charge in [-0.05, 0) is 31.0 Å². The number of carbonyl (C=O) groups excluding carboxylic acids is 3. The molecule has 0 unspecified atom stereocenters. The smallest absolute Gasteiger partial charge is 0.264 e. The Balaban J connectivity index is 1.31. The highest BCUT2D eigenvalue weighted by molar-refractivity contribution is 7.09. The molecule has 2 aliphatic rings. The fourth-order valence-corrected chi connectivity index (χ4v) is 5.37. The summed E-state index contributed by atoms with van der Waals surface area (Å²) in [6.45, 7) is 1.82. The number of anilines is 1. The van der Waals surface area contributed by atoms with E-state index >= 15 is 0 Å². The molecule has 3 heterocycles. The average molecular weight is 491 g/mol. The van der Waals surface area contributed by atoms with Crippen molar-refractivity contribution in [3.8, 4) is 5.75 Å². The van der Waals surface area contributed by atoms with Gasteiger partial charge in [-0.15, -0.1) is 11.3 Å². The van der Waals surface area contributed by atoms with Crippen LogP contribution in [0.4, 0.5) is 5.69 Å². The fourth-order valence-electron chi connectivity index (χ4n) is 4.78. The van der Waals surface area contributed by atoms with Gasteiger partial charge in [0.05, 0.1) is 41.9 Å². The zero-order valence-electron chi connectivity index (χ0n) is 19.4. The topological polar surface area (TPSA) is 91.8 Å². The van der Waals surface area contributed by atoms with Gasteiger partial charge in [0.25, 0.3) is 11.8 Å². The van der Waals surface area contributed by atoms with E-state index in [4.69, 9.17) is 4.74 Å². The molecule has 0 spiro atoms. The van der Waals surface area contributed by atoms with Gasteiger partial charge < -0.3 is 15.0 Å². The predicted molar refractivity (Wildman–Crippen MR) is 133 cm³/mol. The Labute approximate surface area is 207 Å². The summed E-state index contributed by atoms with van der Waals surface area (Å²) in [6.07, 6.45) is 3.27. The van der Waals surface area contributed by atoms with Gasteiger partial charge in [-0.2, -0.15) is 0 Å². The Morgan fingerprint density at radius 3 is 2.83 bits per heavy atom. The first-order valence-electron chi connectivity index (χ1n) is 11.6. The van der Waals surface area contributed by atoms with E-state index in [-0.39, 0.29) is 30.2 Å². The molecule has 5 rings (SSSR count). The lowest BCUT2D eigenvalue weighted by molar-refractivity contribution is -0.125. The maximum atomic E-state index is 13.3. The molecule has 1 saturated heterocycles. The summed E-state index contributed by atoms with van der Waals surface area (Å²) in [5.41, 5.74) is 4.17. The maximum absolute atomic E-state index is 13.3. The third-order valence-electron chi connectivity index (χ3n) is 6.55. The molecule has 180 valence electrons. The second-order valence-corrected chi connectivity index (χ2v) is 9.65. The second kappa shape index (κ2) is 9.87. The number of benzene rings is 2. The highest BCUT2D eigenvalue weighted by Gasteiger charge is 2.39. The van der Waals surface area contributed by atoms with E-state index in [0.717, 1.165) is 41.3 Å². The molecule has 2 aromatic carbocycles. The number of rotatable bonds is 7. The van der Waals surface area contributed by atoms with Crippen molar-refractivity contribution >= 4 is 34.7 Å². The second-order valence-electron chi connectivity index (χ2n) is 8.68. The average Bonchev–Trinajstić information content (AvgIpc) is 3.50. The maximum Gasteiger partial charge on any atom is 0.264 e. The first-order chi connectivity index (χ1) is 17.1. The number of methoxy groups -OCH3 is 1. The normalized spacial score (nSPS) is 17.5. The van der Waals surface area contributed by atoms with Crippen LogP contribution >= 0.6 is 11.3 Å². The Hall–Kier alpha value is -3.72. The van der Waals surface area contributed by atoms with Crippen LogP contribution in [0.1, 0.15) is 44.0 Å². The van der Waals surface area contributed by atoms with Crippen molar-refractivity contribution < 1.29 is 19.1 Å². The third kappa shape index (κ3) is 4.51. The van der Waals surface area contributed by atoms with Crippen LogP contribution in [0.15, 0.2) is 54.2 Å². The van der Waals surface area contributed by atoms with Crippen LogP contribution in [-0.2, 0) is 17.9 Å². The molecular weight excluding hydrogens is 464 g/mol. The molecule has 2 aliphatic heterocycles. The number of hydrogen-bond acceptors (Lipinski definition) is 7. The van der Waals surface area contributed by atoms with E-state index in [1.54, 1.807) is 30.9 Å². The van der Waals surface area contributed by atoms with Crippen molar-refractivity contribution in [2.24, 2.45) is 5.92 Å². The molecule has 0 aliphatic carbocycles. The van der Waals surface area contributed by atoms with Gasteiger partial charge in [0.1, 0.15) is 5.75 Å². The largest absolute Gasteiger partial charge is 0.496 e. The summed E-state index contributed by atoms with van der Waals surface area (Å²) in [7, 11) is 1.61. The van der Waals surface area contributed by atoms with Crippen LogP contribution in [0.3, 0.4) is 0 Å². The molecule has 3 aromatic rings. The van der Waals surface area contributed by atoms with E-state index in [0.29, 0.717) is 24.2 Å². The molecule has 1 N–H and O–H groups in total. The van der Waals surface area contributed by atoms with Crippen LogP contribution < -0.4 is 15.0 Å². The zero-order valence-corrected chi connectivity index (χ0v) is 20.2. The van der Waals surface area contributed by atoms with Crippen LogP contribution in [0, 0.1) is 5.92 Å². The number of piperidine rings is 1. The van der Waals surface area contributed by atoms with Gasteiger partial charge >= 0.3 is 0 Å².